The van der Waals surface area contributed by atoms with Crippen LogP contribution >= 0.6 is 0 Å². The molecule has 4 aromatic rings. The maximum Gasteiger partial charge on any atom is 0.167 e. The minimum Gasteiger partial charge on any atom is -0.507 e. The van der Waals surface area contributed by atoms with Gasteiger partial charge in [-0.2, -0.15) is 0 Å². The van der Waals surface area contributed by atoms with Gasteiger partial charge in [-0.25, -0.2) is 15.0 Å². The zero-order valence-corrected chi connectivity index (χ0v) is 14.7. The van der Waals surface area contributed by atoms with Gasteiger partial charge in [-0.05, 0) is 24.3 Å². The zero-order chi connectivity index (χ0) is 18.6. The van der Waals surface area contributed by atoms with Gasteiger partial charge in [-0.3, -0.25) is 0 Å². The van der Waals surface area contributed by atoms with E-state index < -0.39 is 0 Å². The van der Waals surface area contributed by atoms with Crippen LogP contribution in [0.1, 0.15) is 0 Å². The maximum atomic E-state index is 10.3. The van der Waals surface area contributed by atoms with Gasteiger partial charge in [0.1, 0.15) is 11.5 Å². The number of benzene rings is 3. The van der Waals surface area contributed by atoms with Crippen LogP contribution < -0.4 is 4.74 Å². The highest BCUT2D eigenvalue weighted by Gasteiger charge is 2.16. The van der Waals surface area contributed by atoms with Crippen LogP contribution in [0.5, 0.6) is 11.5 Å². The van der Waals surface area contributed by atoms with E-state index in [1.165, 1.54) is 0 Å². The van der Waals surface area contributed by atoms with Crippen molar-refractivity contribution in [3.8, 4) is 45.7 Å². The Kier molecular flexibility index (Phi) is 4.49. The van der Waals surface area contributed by atoms with E-state index in [1.54, 1.807) is 25.3 Å². The van der Waals surface area contributed by atoms with E-state index in [0.29, 0.717) is 28.8 Å². The van der Waals surface area contributed by atoms with Crippen LogP contribution in [0.2, 0.25) is 0 Å². The molecule has 0 unspecified atom stereocenters. The summed E-state index contributed by atoms with van der Waals surface area (Å²) < 4.78 is 5.46. The molecule has 132 valence electrons. The molecule has 5 heteroatoms. The van der Waals surface area contributed by atoms with Gasteiger partial charge in [0, 0.05) is 5.56 Å². The quantitative estimate of drug-likeness (QED) is 0.580. The molecule has 0 saturated carbocycles. The number of para-hydroxylation sites is 2. The molecule has 0 atom stereocenters. The number of aromatic nitrogens is 3. The minimum atomic E-state index is 0.119. The number of ether oxygens (including phenoxy) is 1. The highest BCUT2D eigenvalue weighted by atomic mass is 16.5. The molecule has 0 saturated heterocycles. The molecule has 0 spiro atoms. The molecule has 4 rings (SSSR count). The zero-order valence-electron chi connectivity index (χ0n) is 14.7. The average molecular weight is 355 g/mol. The first kappa shape index (κ1) is 16.7. The molecular weight excluding hydrogens is 338 g/mol. The summed E-state index contributed by atoms with van der Waals surface area (Å²) >= 11 is 0. The highest BCUT2D eigenvalue weighted by molar-refractivity contribution is 5.71. The molecule has 0 aliphatic carbocycles. The van der Waals surface area contributed by atoms with Gasteiger partial charge >= 0.3 is 0 Å². The summed E-state index contributed by atoms with van der Waals surface area (Å²) in [5, 5.41) is 10.3. The first-order valence-electron chi connectivity index (χ1n) is 8.49. The Morgan fingerprint density at radius 3 is 1.89 bits per heavy atom. The molecule has 0 aliphatic rings. The summed E-state index contributed by atoms with van der Waals surface area (Å²) in [4.78, 5) is 13.9. The molecule has 0 bridgehead atoms. The largest absolute Gasteiger partial charge is 0.507 e. The number of rotatable bonds is 4. The van der Waals surface area contributed by atoms with Crippen molar-refractivity contribution in [3.05, 3.63) is 78.9 Å². The number of hydrogen-bond acceptors (Lipinski definition) is 5. The summed E-state index contributed by atoms with van der Waals surface area (Å²) in [5.41, 5.74) is 2.18. The lowest BCUT2D eigenvalue weighted by atomic mass is 10.1. The topological polar surface area (TPSA) is 68.1 Å². The third kappa shape index (κ3) is 3.35. The van der Waals surface area contributed by atoms with Crippen molar-refractivity contribution in [1.82, 2.24) is 15.0 Å². The van der Waals surface area contributed by atoms with Crippen molar-refractivity contribution in [2.24, 2.45) is 0 Å². The van der Waals surface area contributed by atoms with Crippen LogP contribution in [0.25, 0.3) is 34.2 Å². The molecule has 0 fully saturated rings. The van der Waals surface area contributed by atoms with Gasteiger partial charge in [0.05, 0.1) is 18.2 Å². The van der Waals surface area contributed by atoms with E-state index in [0.717, 1.165) is 11.1 Å². The number of nitrogens with zero attached hydrogens (tertiary/aromatic N) is 3. The third-order valence-corrected chi connectivity index (χ3v) is 4.16. The molecular formula is C22H17N3O2. The van der Waals surface area contributed by atoms with Gasteiger partial charge in [0.2, 0.25) is 0 Å². The van der Waals surface area contributed by atoms with Crippen molar-refractivity contribution in [2.75, 3.05) is 7.11 Å². The van der Waals surface area contributed by atoms with Gasteiger partial charge in [-0.15, -0.1) is 0 Å². The fraction of sp³-hybridized carbons (Fsp3) is 0.0455. The maximum absolute atomic E-state index is 10.3. The SMILES string of the molecule is COc1ccccc1-c1nc(-c2ccccc2)nc(-c2ccccc2O)n1. The van der Waals surface area contributed by atoms with E-state index >= 15 is 0 Å². The molecule has 0 radical (unpaired) electrons. The van der Waals surface area contributed by atoms with E-state index in [4.69, 9.17) is 4.74 Å². The molecule has 3 aromatic carbocycles. The molecule has 1 aromatic heterocycles. The van der Waals surface area contributed by atoms with Crippen LogP contribution in [0.3, 0.4) is 0 Å². The van der Waals surface area contributed by atoms with Crippen LogP contribution in [0.15, 0.2) is 78.9 Å². The molecule has 0 amide bonds. The smallest absolute Gasteiger partial charge is 0.167 e. The monoisotopic (exact) mass is 355 g/mol. The van der Waals surface area contributed by atoms with Gasteiger partial charge in [-0.1, -0.05) is 54.6 Å². The summed E-state index contributed by atoms with van der Waals surface area (Å²) in [7, 11) is 1.61. The lowest BCUT2D eigenvalue weighted by Gasteiger charge is -2.11. The fourth-order valence-corrected chi connectivity index (χ4v) is 2.83. The van der Waals surface area contributed by atoms with E-state index in [-0.39, 0.29) is 5.75 Å². The first-order valence-corrected chi connectivity index (χ1v) is 8.49. The second-order valence-corrected chi connectivity index (χ2v) is 5.89. The summed E-state index contributed by atoms with van der Waals surface area (Å²) in [5.74, 6) is 2.21. The van der Waals surface area contributed by atoms with E-state index in [2.05, 4.69) is 15.0 Å². The first-order chi connectivity index (χ1) is 13.3. The second-order valence-electron chi connectivity index (χ2n) is 5.89. The Labute approximate surface area is 157 Å². The van der Waals surface area contributed by atoms with E-state index in [1.807, 2.05) is 60.7 Å². The number of methoxy groups -OCH3 is 1. The lowest BCUT2D eigenvalue weighted by Crippen LogP contribution is -2.01. The summed E-state index contributed by atoms with van der Waals surface area (Å²) in [6.45, 7) is 0. The normalized spacial score (nSPS) is 10.6. The summed E-state index contributed by atoms with van der Waals surface area (Å²) in [6.07, 6.45) is 0. The highest BCUT2D eigenvalue weighted by Crippen LogP contribution is 2.32. The number of phenolic OH excluding ortho intramolecular Hbond substituents is 1. The Balaban J connectivity index is 1.97. The standard InChI is InChI=1S/C22H17N3O2/c1-27-19-14-8-6-12-17(19)22-24-20(15-9-3-2-4-10-15)23-21(25-22)16-11-5-7-13-18(16)26/h2-14,26H,1H3. The van der Waals surface area contributed by atoms with Crippen LogP contribution in [0, 0.1) is 0 Å². The number of phenols is 1. The Morgan fingerprint density at radius 1 is 0.630 bits per heavy atom. The Morgan fingerprint density at radius 2 is 1.19 bits per heavy atom. The van der Waals surface area contributed by atoms with Crippen molar-refractivity contribution in [2.45, 2.75) is 0 Å². The number of aromatic hydroxyl groups is 1. The Bertz CT molecular complexity index is 1080. The second kappa shape index (κ2) is 7.25. The van der Waals surface area contributed by atoms with Crippen LogP contribution in [-0.4, -0.2) is 27.2 Å². The van der Waals surface area contributed by atoms with Gasteiger partial charge < -0.3 is 9.84 Å². The summed E-state index contributed by atoms with van der Waals surface area (Å²) in [6, 6.07) is 24.2. The molecule has 27 heavy (non-hydrogen) atoms. The van der Waals surface area contributed by atoms with Crippen LogP contribution in [0.4, 0.5) is 0 Å². The lowest BCUT2D eigenvalue weighted by molar-refractivity contribution is 0.416. The van der Waals surface area contributed by atoms with Crippen LogP contribution in [-0.2, 0) is 0 Å². The molecule has 1 N–H and O–H groups in total. The predicted octanol–water partition coefficient (Wildman–Crippen LogP) is 4.59. The molecule has 1 heterocycles. The Hall–Kier alpha value is -3.73. The average Bonchev–Trinajstić information content (AvgIpc) is 2.74. The minimum absolute atomic E-state index is 0.119. The van der Waals surface area contributed by atoms with Gasteiger partial charge in [0.25, 0.3) is 0 Å². The van der Waals surface area contributed by atoms with Crippen molar-refractivity contribution in [1.29, 1.82) is 0 Å². The third-order valence-electron chi connectivity index (χ3n) is 4.16. The van der Waals surface area contributed by atoms with Crippen molar-refractivity contribution < 1.29 is 9.84 Å². The van der Waals surface area contributed by atoms with Gasteiger partial charge in [0.15, 0.2) is 17.5 Å². The predicted molar refractivity (Wildman–Crippen MR) is 104 cm³/mol. The van der Waals surface area contributed by atoms with E-state index in [9.17, 15) is 5.11 Å². The fourth-order valence-electron chi connectivity index (χ4n) is 2.83. The molecule has 5 nitrogen and oxygen atoms in total. The van der Waals surface area contributed by atoms with Crippen molar-refractivity contribution in [3.63, 3.8) is 0 Å². The van der Waals surface area contributed by atoms with Crippen molar-refractivity contribution >= 4 is 0 Å². The number of hydrogen-bond donors (Lipinski definition) is 1. The molecule has 0 aliphatic heterocycles.